The van der Waals surface area contributed by atoms with Crippen molar-refractivity contribution in [2.45, 2.75) is 32.2 Å². The lowest BCUT2D eigenvalue weighted by atomic mass is 9.92. The average molecular weight is 269 g/mol. The average Bonchev–Trinajstić information content (AvgIpc) is 2.39. The fraction of sp³-hybridized carbons (Fsp3) is 0.600. The molecule has 0 bridgehead atoms. The Morgan fingerprint density at radius 1 is 1.17 bits per heavy atom. The van der Waals surface area contributed by atoms with Gasteiger partial charge in [-0.2, -0.15) is 0 Å². The number of hydrogen-bond donors (Lipinski definition) is 2. The standard InChI is InChI=1S/C15H24N2.ClH/c1-15(2,14-6-4-3-5-7-14)17-12-13-8-10-16-11-9-13;/h3-7,13,16-17H,8-12H2,1-2H3;1H. The third-order valence-electron chi connectivity index (χ3n) is 3.79. The minimum absolute atomic E-state index is 0. The van der Waals surface area contributed by atoms with E-state index < -0.39 is 0 Å². The molecule has 0 aromatic heterocycles. The van der Waals surface area contributed by atoms with E-state index in [1.54, 1.807) is 0 Å². The van der Waals surface area contributed by atoms with Crippen molar-refractivity contribution in [1.82, 2.24) is 10.6 Å². The SMILES string of the molecule is CC(C)(NCC1CCNCC1)c1ccccc1.Cl. The van der Waals surface area contributed by atoms with Crippen LogP contribution in [0.25, 0.3) is 0 Å². The molecule has 2 rings (SSSR count). The largest absolute Gasteiger partial charge is 0.317 e. The zero-order chi connectivity index (χ0) is 12.1. The highest BCUT2D eigenvalue weighted by Gasteiger charge is 2.21. The number of halogens is 1. The molecule has 1 aliphatic rings. The first-order valence-corrected chi connectivity index (χ1v) is 6.70. The molecule has 102 valence electrons. The highest BCUT2D eigenvalue weighted by atomic mass is 35.5. The molecule has 1 aliphatic heterocycles. The molecule has 2 nitrogen and oxygen atoms in total. The molecular formula is C15H25ClN2. The third kappa shape index (κ3) is 4.27. The van der Waals surface area contributed by atoms with Crippen molar-refractivity contribution in [1.29, 1.82) is 0 Å². The van der Waals surface area contributed by atoms with E-state index in [1.807, 2.05) is 0 Å². The molecule has 1 fully saturated rings. The van der Waals surface area contributed by atoms with Crippen molar-refractivity contribution in [2.75, 3.05) is 19.6 Å². The molecule has 0 amide bonds. The van der Waals surface area contributed by atoms with E-state index in [-0.39, 0.29) is 17.9 Å². The van der Waals surface area contributed by atoms with Crippen LogP contribution in [0.15, 0.2) is 30.3 Å². The third-order valence-corrected chi connectivity index (χ3v) is 3.79. The summed E-state index contributed by atoms with van der Waals surface area (Å²) < 4.78 is 0. The second-order valence-corrected chi connectivity index (χ2v) is 5.57. The predicted octanol–water partition coefficient (Wildman–Crippen LogP) is 2.93. The van der Waals surface area contributed by atoms with E-state index in [4.69, 9.17) is 0 Å². The number of rotatable bonds is 4. The summed E-state index contributed by atoms with van der Waals surface area (Å²) in [4.78, 5) is 0. The maximum Gasteiger partial charge on any atom is 0.0377 e. The highest BCUT2D eigenvalue weighted by Crippen LogP contribution is 2.20. The molecule has 0 unspecified atom stereocenters. The lowest BCUT2D eigenvalue weighted by molar-refractivity contribution is 0.305. The number of hydrogen-bond acceptors (Lipinski definition) is 2. The van der Waals surface area contributed by atoms with E-state index in [0.717, 1.165) is 12.5 Å². The minimum Gasteiger partial charge on any atom is -0.317 e. The molecule has 0 atom stereocenters. The molecule has 0 aliphatic carbocycles. The van der Waals surface area contributed by atoms with Gasteiger partial charge >= 0.3 is 0 Å². The monoisotopic (exact) mass is 268 g/mol. The molecule has 0 spiro atoms. The molecular weight excluding hydrogens is 244 g/mol. The number of benzene rings is 1. The van der Waals surface area contributed by atoms with Crippen LogP contribution in [-0.2, 0) is 5.54 Å². The quantitative estimate of drug-likeness (QED) is 0.877. The maximum absolute atomic E-state index is 3.72. The number of piperidine rings is 1. The maximum atomic E-state index is 3.72. The van der Waals surface area contributed by atoms with Crippen molar-refractivity contribution in [3.05, 3.63) is 35.9 Å². The van der Waals surface area contributed by atoms with Crippen LogP contribution >= 0.6 is 12.4 Å². The molecule has 2 N–H and O–H groups in total. The highest BCUT2D eigenvalue weighted by molar-refractivity contribution is 5.85. The van der Waals surface area contributed by atoms with Gasteiger partial charge in [0.05, 0.1) is 0 Å². The second kappa shape index (κ2) is 7.13. The predicted molar refractivity (Wildman–Crippen MR) is 80.3 cm³/mol. The summed E-state index contributed by atoms with van der Waals surface area (Å²) >= 11 is 0. The zero-order valence-electron chi connectivity index (χ0n) is 11.4. The smallest absolute Gasteiger partial charge is 0.0377 e. The molecule has 1 heterocycles. The van der Waals surface area contributed by atoms with Gasteiger partial charge in [0, 0.05) is 5.54 Å². The molecule has 18 heavy (non-hydrogen) atoms. The topological polar surface area (TPSA) is 24.1 Å². The van der Waals surface area contributed by atoms with Gasteiger partial charge in [-0.1, -0.05) is 30.3 Å². The minimum atomic E-state index is 0. The van der Waals surface area contributed by atoms with Crippen LogP contribution in [0.2, 0.25) is 0 Å². The van der Waals surface area contributed by atoms with Gasteiger partial charge in [0.25, 0.3) is 0 Å². The first-order chi connectivity index (χ1) is 8.18. The molecule has 0 radical (unpaired) electrons. The van der Waals surface area contributed by atoms with Crippen molar-refractivity contribution in [2.24, 2.45) is 5.92 Å². The Morgan fingerprint density at radius 3 is 2.39 bits per heavy atom. The van der Waals surface area contributed by atoms with Crippen molar-refractivity contribution in [3.8, 4) is 0 Å². The molecule has 3 heteroatoms. The summed E-state index contributed by atoms with van der Waals surface area (Å²) in [6.07, 6.45) is 2.61. The summed E-state index contributed by atoms with van der Waals surface area (Å²) in [5.41, 5.74) is 1.44. The Bertz CT molecular complexity index is 332. The second-order valence-electron chi connectivity index (χ2n) is 5.57. The number of nitrogens with one attached hydrogen (secondary N) is 2. The van der Waals surface area contributed by atoms with Gasteiger partial charge in [0.15, 0.2) is 0 Å². The fourth-order valence-corrected chi connectivity index (χ4v) is 2.44. The van der Waals surface area contributed by atoms with Gasteiger partial charge in [0.2, 0.25) is 0 Å². The molecule has 1 saturated heterocycles. The summed E-state index contributed by atoms with van der Waals surface area (Å²) in [6.45, 7) is 8.02. The van der Waals surface area contributed by atoms with Gasteiger partial charge in [-0.05, 0) is 57.8 Å². The van der Waals surface area contributed by atoms with Crippen LogP contribution < -0.4 is 10.6 Å². The summed E-state index contributed by atoms with van der Waals surface area (Å²) in [7, 11) is 0. The Morgan fingerprint density at radius 2 is 1.78 bits per heavy atom. The van der Waals surface area contributed by atoms with E-state index in [2.05, 4.69) is 54.8 Å². The Labute approximate surface area is 117 Å². The summed E-state index contributed by atoms with van der Waals surface area (Å²) in [5.74, 6) is 0.833. The van der Waals surface area contributed by atoms with E-state index in [9.17, 15) is 0 Å². The van der Waals surface area contributed by atoms with Crippen molar-refractivity contribution >= 4 is 12.4 Å². The van der Waals surface area contributed by atoms with Gasteiger partial charge in [-0.15, -0.1) is 12.4 Å². The van der Waals surface area contributed by atoms with Crippen molar-refractivity contribution in [3.63, 3.8) is 0 Å². The van der Waals surface area contributed by atoms with E-state index in [1.165, 1.54) is 31.5 Å². The van der Waals surface area contributed by atoms with Gasteiger partial charge in [-0.25, -0.2) is 0 Å². The van der Waals surface area contributed by atoms with Crippen LogP contribution in [0.4, 0.5) is 0 Å². The first-order valence-electron chi connectivity index (χ1n) is 6.70. The van der Waals surface area contributed by atoms with Crippen LogP contribution in [0.5, 0.6) is 0 Å². The van der Waals surface area contributed by atoms with Gasteiger partial charge in [0.1, 0.15) is 0 Å². The van der Waals surface area contributed by atoms with Gasteiger partial charge < -0.3 is 10.6 Å². The van der Waals surface area contributed by atoms with E-state index in [0.29, 0.717) is 0 Å². The fourth-order valence-electron chi connectivity index (χ4n) is 2.44. The first kappa shape index (κ1) is 15.5. The zero-order valence-corrected chi connectivity index (χ0v) is 12.2. The van der Waals surface area contributed by atoms with Crippen LogP contribution in [0.3, 0.4) is 0 Å². The van der Waals surface area contributed by atoms with Crippen molar-refractivity contribution < 1.29 is 0 Å². The normalized spacial score (nSPS) is 17.2. The van der Waals surface area contributed by atoms with Crippen LogP contribution in [-0.4, -0.2) is 19.6 Å². The van der Waals surface area contributed by atoms with E-state index >= 15 is 0 Å². The summed E-state index contributed by atoms with van der Waals surface area (Å²) in [5, 5.41) is 7.13. The lowest BCUT2D eigenvalue weighted by Gasteiger charge is -2.31. The Balaban J connectivity index is 0.00000162. The van der Waals surface area contributed by atoms with Crippen LogP contribution in [0, 0.1) is 5.92 Å². The van der Waals surface area contributed by atoms with Gasteiger partial charge in [-0.3, -0.25) is 0 Å². The summed E-state index contributed by atoms with van der Waals surface area (Å²) in [6, 6.07) is 10.7. The molecule has 0 saturated carbocycles. The lowest BCUT2D eigenvalue weighted by Crippen LogP contribution is -2.42. The Kier molecular flexibility index (Phi) is 6.13. The Hall–Kier alpha value is -0.570. The molecule has 1 aromatic carbocycles. The molecule has 1 aromatic rings. The van der Waals surface area contributed by atoms with Crippen LogP contribution in [0.1, 0.15) is 32.3 Å².